The number of carbonyl (C=O) groups excluding carboxylic acids is 1. The number of ketones is 1. The van der Waals surface area contributed by atoms with E-state index in [1.165, 1.54) is 0 Å². The fourth-order valence-electron chi connectivity index (χ4n) is 1.81. The average Bonchev–Trinajstić information content (AvgIpc) is 2.45. The molecule has 0 atom stereocenters. The van der Waals surface area contributed by atoms with Crippen LogP contribution < -0.4 is 5.32 Å². The fourth-order valence-corrected chi connectivity index (χ4v) is 1.93. The van der Waals surface area contributed by atoms with E-state index >= 15 is 0 Å². The third-order valence-electron chi connectivity index (χ3n) is 2.95. The molecule has 0 radical (unpaired) electrons. The van der Waals surface area contributed by atoms with E-state index in [-0.39, 0.29) is 17.9 Å². The lowest BCUT2D eigenvalue weighted by molar-refractivity contribution is 0.0977. The molecule has 4 heteroatoms. The summed E-state index contributed by atoms with van der Waals surface area (Å²) in [5.41, 5.74) is 2.09. The number of carbonyl (C=O) groups is 1. The summed E-state index contributed by atoms with van der Waals surface area (Å²) in [5.74, 6) is -0.0132. The molecule has 2 aromatic rings. The number of rotatable bonds is 4. The first kappa shape index (κ1) is 15.7. The van der Waals surface area contributed by atoms with Gasteiger partial charge in [-0.05, 0) is 45.0 Å². The number of benzene rings is 1. The predicted octanol–water partition coefficient (Wildman–Crippen LogP) is 3.97. The second-order valence-corrected chi connectivity index (χ2v) is 6.38. The van der Waals surface area contributed by atoms with E-state index in [9.17, 15) is 4.79 Å². The number of pyridine rings is 1. The third-order valence-corrected chi connectivity index (χ3v) is 3.21. The van der Waals surface area contributed by atoms with Gasteiger partial charge >= 0.3 is 0 Å². The zero-order valence-electron chi connectivity index (χ0n) is 12.5. The second kappa shape index (κ2) is 6.37. The van der Waals surface area contributed by atoms with Crippen molar-refractivity contribution in [1.82, 2.24) is 10.3 Å². The number of Topliss-reactive ketones (excluding diaryl/α,β-unsaturated/α-hetero) is 1. The predicted molar refractivity (Wildman–Crippen MR) is 86.8 cm³/mol. The molecule has 1 aromatic heterocycles. The minimum absolute atomic E-state index is 0.0132. The lowest BCUT2D eigenvalue weighted by atomic mass is 10.1. The van der Waals surface area contributed by atoms with Gasteiger partial charge in [-0.25, -0.2) is 4.98 Å². The van der Waals surface area contributed by atoms with E-state index in [1.54, 1.807) is 6.07 Å². The van der Waals surface area contributed by atoms with Crippen molar-refractivity contribution in [2.45, 2.75) is 26.3 Å². The molecule has 0 unspecified atom stereocenters. The van der Waals surface area contributed by atoms with Gasteiger partial charge in [0.2, 0.25) is 0 Å². The molecule has 0 saturated heterocycles. The first-order valence-corrected chi connectivity index (χ1v) is 7.24. The van der Waals surface area contributed by atoms with Gasteiger partial charge in [-0.15, -0.1) is 0 Å². The minimum Gasteiger partial charge on any atom is -0.305 e. The van der Waals surface area contributed by atoms with Gasteiger partial charge < -0.3 is 5.32 Å². The Kier molecular flexibility index (Phi) is 4.76. The largest absolute Gasteiger partial charge is 0.305 e. The van der Waals surface area contributed by atoms with E-state index in [0.717, 1.165) is 11.3 Å². The van der Waals surface area contributed by atoms with Crippen LogP contribution in [0.25, 0.3) is 11.3 Å². The van der Waals surface area contributed by atoms with Gasteiger partial charge in [0, 0.05) is 16.1 Å². The molecule has 0 amide bonds. The molecule has 0 aliphatic rings. The molecular weight excluding hydrogens is 284 g/mol. The molecule has 0 aliphatic carbocycles. The summed E-state index contributed by atoms with van der Waals surface area (Å²) >= 11 is 5.88. The van der Waals surface area contributed by atoms with E-state index in [0.29, 0.717) is 10.7 Å². The Labute approximate surface area is 130 Å². The highest BCUT2D eigenvalue weighted by Gasteiger charge is 2.14. The normalized spacial score (nSPS) is 11.4. The molecule has 0 saturated carbocycles. The Morgan fingerprint density at radius 1 is 1.14 bits per heavy atom. The van der Waals surface area contributed by atoms with Crippen molar-refractivity contribution in [3.63, 3.8) is 0 Å². The van der Waals surface area contributed by atoms with Crippen LogP contribution in [0.2, 0.25) is 5.02 Å². The van der Waals surface area contributed by atoms with Gasteiger partial charge in [-0.3, -0.25) is 4.79 Å². The van der Waals surface area contributed by atoms with Crippen molar-refractivity contribution >= 4 is 17.4 Å². The van der Waals surface area contributed by atoms with E-state index in [4.69, 9.17) is 11.6 Å². The molecule has 1 aromatic carbocycles. The highest BCUT2D eigenvalue weighted by atomic mass is 35.5. The van der Waals surface area contributed by atoms with Crippen molar-refractivity contribution in [3.05, 3.63) is 53.2 Å². The van der Waals surface area contributed by atoms with Crippen molar-refractivity contribution in [3.8, 4) is 11.3 Å². The molecule has 0 spiro atoms. The molecule has 110 valence electrons. The highest BCUT2D eigenvalue weighted by Crippen LogP contribution is 2.20. The maximum Gasteiger partial charge on any atom is 0.194 e. The standard InChI is InChI=1S/C17H19ClN2O/c1-17(2,3)19-11-16(21)15-6-4-5-14(20-15)12-7-9-13(18)10-8-12/h4-10,19H,11H2,1-3H3. The number of hydrogen-bond donors (Lipinski definition) is 1. The van der Waals surface area contributed by atoms with Gasteiger partial charge in [0.05, 0.1) is 12.2 Å². The summed E-state index contributed by atoms with van der Waals surface area (Å²) in [6.45, 7) is 6.36. The average molecular weight is 303 g/mol. The van der Waals surface area contributed by atoms with Crippen molar-refractivity contribution in [1.29, 1.82) is 0 Å². The number of nitrogens with one attached hydrogen (secondary N) is 1. The Morgan fingerprint density at radius 2 is 1.81 bits per heavy atom. The lowest BCUT2D eigenvalue weighted by Gasteiger charge is -2.19. The van der Waals surface area contributed by atoms with Crippen LogP contribution in [0.5, 0.6) is 0 Å². The molecule has 0 fully saturated rings. The third kappa shape index (κ3) is 4.66. The Hall–Kier alpha value is -1.71. The van der Waals surface area contributed by atoms with Crippen LogP contribution in [0.1, 0.15) is 31.3 Å². The van der Waals surface area contributed by atoms with E-state index < -0.39 is 0 Å². The second-order valence-electron chi connectivity index (χ2n) is 5.94. The quantitative estimate of drug-likeness (QED) is 0.869. The highest BCUT2D eigenvalue weighted by molar-refractivity contribution is 6.30. The summed E-state index contributed by atoms with van der Waals surface area (Å²) in [5, 5.41) is 3.86. The topological polar surface area (TPSA) is 42.0 Å². The molecule has 21 heavy (non-hydrogen) atoms. The summed E-state index contributed by atoms with van der Waals surface area (Å²) in [6.07, 6.45) is 0. The van der Waals surface area contributed by atoms with Gasteiger partial charge in [0.1, 0.15) is 5.69 Å². The van der Waals surface area contributed by atoms with Crippen LogP contribution in [0, 0.1) is 0 Å². The Bertz CT molecular complexity index is 630. The van der Waals surface area contributed by atoms with E-state index in [2.05, 4.69) is 10.3 Å². The first-order chi connectivity index (χ1) is 9.85. The minimum atomic E-state index is -0.0938. The number of hydrogen-bond acceptors (Lipinski definition) is 3. The van der Waals surface area contributed by atoms with Crippen LogP contribution in [0.15, 0.2) is 42.5 Å². The van der Waals surface area contributed by atoms with Crippen molar-refractivity contribution < 1.29 is 4.79 Å². The smallest absolute Gasteiger partial charge is 0.194 e. The summed E-state index contributed by atoms with van der Waals surface area (Å²) in [7, 11) is 0. The van der Waals surface area contributed by atoms with Crippen LogP contribution in [0.4, 0.5) is 0 Å². The van der Waals surface area contributed by atoms with Gasteiger partial charge in [-0.1, -0.05) is 29.8 Å². The van der Waals surface area contributed by atoms with Crippen LogP contribution in [-0.4, -0.2) is 22.9 Å². The first-order valence-electron chi connectivity index (χ1n) is 6.86. The summed E-state index contributed by atoms with van der Waals surface area (Å²) in [6, 6.07) is 12.9. The van der Waals surface area contributed by atoms with Crippen LogP contribution in [0.3, 0.4) is 0 Å². The van der Waals surface area contributed by atoms with Crippen molar-refractivity contribution in [2.24, 2.45) is 0 Å². The number of nitrogens with zero attached hydrogens (tertiary/aromatic N) is 1. The van der Waals surface area contributed by atoms with Gasteiger partial charge in [0.15, 0.2) is 5.78 Å². The SMILES string of the molecule is CC(C)(C)NCC(=O)c1cccc(-c2ccc(Cl)cc2)n1. The van der Waals surface area contributed by atoms with Crippen LogP contribution in [-0.2, 0) is 0 Å². The van der Waals surface area contributed by atoms with Crippen LogP contribution >= 0.6 is 11.6 Å². The molecule has 2 rings (SSSR count). The van der Waals surface area contributed by atoms with E-state index in [1.807, 2.05) is 57.2 Å². The number of halogens is 1. The maximum atomic E-state index is 12.2. The van der Waals surface area contributed by atoms with Gasteiger partial charge in [0.25, 0.3) is 0 Å². The van der Waals surface area contributed by atoms with Crippen molar-refractivity contribution in [2.75, 3.05) is 6.54 Å². The molecular formula is C17H19ClN2O. The monoisotopic (exact) mass is 302 g/mol. The maximum absolute atomic E-state index is 12.2. The Balaban J connectivity index is 2.17. The Morgan fingerprint density at radius 3 is 2.43 bits per heavy atom. The lowest BCUT2D eigenvalue weighted by Crippen LogP contribution is -2.39. The molecule has 3 nitrogen and oxygen atoms in total. The van der Waals surface area contributed by atoms with Gasteiger partial charge in [-0.2, -0.15) is 0 Å². The fraction of sp³-hybridized carbons (Fsp3) is 0.294. The summed E-state index contributed by atoms with van der Waals surface area (Å²) in [4.78, 5) is 16.6. The molecule has 1 heterocycles. The molecule has 0 bridgehead atoms. The number of aromatic nitrogens is 1. The molecule has 1 N–H and O–H groups in total. The molecule has 0 aliphatic heterocycles. The zero-order chi connectivity index (χ0) is 15.5. The summed E-state index contributed by atoms with van der Waals surface area (Å²) < 4.78 is 0. The zero-order valence-corrected chi connectivity index (χ0v) is 13.2.